The summed E-state index contributed by atoms with van der Waals surface area (Å²) in [5, 5.41) is 3.84. The van der Waals surface area contributed by atoms with E-state index in [1.54, 1.807) is 17.5 Å². The highest BCUT2D eigenvalue weighted by Gasteiger charge is 2.16. The molecule has 6 heteroatoms. The van der Waals surface area contributed by atoms with E-state index < -0.39 is 0 Å². The lowest BCUT2D eigenvalue weighted by atomic mass is 10.1. The predicted octanol–water partition coefficient (Wildman–Crippen LogP) is 6.13. The van der Waals surface area contributed by atoms with Gasteiger partial charge in [-0.3, -0.25) is 4.79 Å². The number of nitrogens with one attached hydrogen (secondary N) is 1. The Balaban J connectivity index is 1.68. The molecule has 2 aromatic carbocycles. The van der Waals surface area contributed by atoms with Gasteiger partial charge in [-0.15, -0.1) is 11.3 Å². The smallest absolute Gasteiger partial charge is 0.256 e. The lowest BCUT2D eigenvalue weighted by Crippen LogP contribution is -2.12. The van der Waals surface area contributed by atoms with Crippen LogP contribution in [0, 0.1) is 12.7 Å². The molecule has 0 atom stereocenters. The molecule has 0 saturated carbocycles. The molecule has 0 aliphatic heterocycles. The highest BCUT2D eigenvalue weighted by molar-refractivity contribution is 7.15. The van der Waals surface area contributed by atoms with Gasteiger partial charge in [0.2, 0.25) is 0 Å². The molecule has 0 unspecified atom stereocenters. The highest BCUT2D eigenvalue weighted by atomic mass is 32.1. The molecule has 1 amide bonds. The SMILES string of the molecule is CCc1nc(-c2cccc(C)c2)c(-c2ccnc(NC(=O)c3ccc(F)cc3)c2)s1. The van der Waals surface area contributed by atoms with Crippen LogP contribution in [0.4, 0.5) is 10.2 Å². The number of aromatic nitrogens is 2. The average molecular weight is 418 g/mol. The van der Waals surface area contributed by atoms with Gasteiger partial charge in [0, 0.05) is 17.3 Å². The van der Waals surface area contributed by atoms with E-state index in [1.807, 2.05) is 18.2 Å². The normalized spacial score (nSPS) is 10.8. The summed E-state index contributed by atoms with van der Waals surface area (Å²) in [6, 6.07) is 17.4. The Morgan fingerprint density at radius 1 is 1.07 bits per heavy atom. The number of thiazole rings is 1. The van der Waals surface area contributed by atoms with Crippen molar-refractivity contribution < 1.29 is 9.18 Å². The number of hydrogen-bond donors (Lipinski definition) is 1. The van der Waals surface area contributed by atoms with Crippen LogP contribution in [-0.2, 0) is 6.42 Å². The van der Waals surface area contributed by atoms with Gasteiger partial charge in [-0.2, -0.15) is 0 Å². The van der Waals surface area contributed by atoms with Crippen LogP contribution in [0.2, 0.25) is 0 Å². The minimum Gasteiger partial charge on any atom is -0.307 e. The molecule has 1 N–H and O–H groups in total. The molecule has 0 bridgehead atoms. The third-order valence-corrected chi connectivity index (χ3v) is 5.88. The molecule has 4 rings (SSSR count). The van der Waals surface area contributed by atoms with Crippen molar-refractivity contribution in [2.24, 2.45) is 0 Å². The molecule has 0 aliphatic carbocycles. The first-order valence-electron chi connectivity index (χ1n) is 9.63. The van der Waals surface area contributed by atoms with Crippen LogP contribution >= 0.6 is 11.3 Å². The first kappa shape index (κ1) is 19.9. The maximum atomic E-state index is 13.1. The molecule has 0 saturated heterocycles. The number of carbonyl (C=O) groups excluding carboxylic acids is 1. The summed E-state index contributed by atoms with van der Waals surface area (Å²) in [6.45, 7) is 4.15. The number of halogens is 1. The van der Waals surface area contributed by atoms with Crippen molar-refractivity contribution in [3.63, 3.8) is 0 Å². The Hall–Kier alpha value is -3.38. The molecule has 4 aromatic rings. The molecule has 0 fully saturated rings. The van der Waals surface area contributed by atoms with Crippen molar-refractivity contribution in [1.82, 2.24) is 9.97 Å². The fourth-order valence-corrected chi connectivity index (χ4v) is 4.15. The molecule has 2 aromatic heterocycles. The van der Waals surface area contributed by atoms with Crippen LogP contribution in [0.3, 0.4) is 0 Å². The summed E-state index contributed by atoms with van der Waals surface area (Å²) < 4.78 is 13.1. The zero-order valence-corrected chi connectivity index (χ0v) is 17.5. The van der Waals surface area contributed by atoms with Gasteiger partial charge >= 0.3 is 0 Å². The van der Waals surface area contributed by atoms with Crippen molar-refractivity contribution in [1.29, 1.82) is 0 Å². The highest BCUT2D eigenvalue weighted by Crippen LogP contribution is 2.37. The van der Waals surface area contributed by atoms with Crippen molar-refractivity contribution in [3.8, 4) is 21.7 Å². The second-order valence-electron chi connectivity index (χ2n) is 6.90. The Morgan fingerprint density at radius 2 is 1.87 bits per heavy atom. The summed E-state index contributed by atoms with van der Waals surface area (Å²) in [5.41, 5.74) is 4.48. The predicted molar refractivity (Wildman–Crippen MR) is 119 cm³/mol. The van der Waals surface area contributed by atoms with Gasteiger partial charge in [0.05, 0.1) is 15.6 Å². The molecule has 4 nitrogen and oxygen atoms in total. The van der Waals surface area contributed by atoms with Gasteiger partial charge in [-0.05, 0) is 61.4 Å². The summed E-state index contributed by atoms with van der Waals surface area (Å²) in [5.74, 6) is -0.284. The number of nitrogens with zero attached hydrogens (tertiary/aromatic N) is 2. The molecule has 0 spiro atoms. The van der Waals surface area contributed by atoms with Gasteiger partial charge in [0.1, 0.15) is 11.6 Å². The number of carbonyl (C=O) groups is 1. The Bertz CT molecular complexity index is 1200. The van der Waals surface area contributed by atoms with Crippen molar-refractivity contribution in [2.75, 3.05) is 5.32 Å². The summed E-state index contributed by atoms with van der Waals surface area (Å²) in [7, 11) is 0. The summed E-state index contributed by atoms with van der Waals surface area (Å²) >= 11 is 1.65. The van der Waals surface area contributed by atoms with Crippen molar-refractivity contribution >= 4 is 23.1 Å². The standard InChI is InChI=1S/C24H20FN3OS/c1-3-21-28-22(17-6-4-5-15(2)13-17)23(30-21)18-11-12-26-20(14-18)27-24(29)16-7-9-19(25)10-8-16/h4-14H,3H2,1-2H3,(H,26,27,29). The van der Waals surface area contributed by atoms with Crippen LogP contribution in [0.15, 0.2) is 66.9 Å². The quantitative estimate of drug-likeness (QED) is 0.425. The van der Waals surface area contributed by atoms with Gasteiger partial charge in [-0.1, -0.05) is 30.7 Å². The monoisotopic (exact) mass is 417 g/mol. The summed E-state index contributed by atoms with van der Waals surface area (Å²) in [4.78, 5) is 22.6. The molecule has 0 aliphatic rings. The van der Waals surface area contributed by atoms with E-state index in [9.17, 15) is 9.18 Å². The van der Waals surface area contributed by atoms with Crippen LogP contribution in [0.25, 0.3) is 21.7 Å². The minimum atomic E-state index is -0.382. The van der Waals surface area contributed by atoms with E-state index in [0.717, 1.165) is 33.1 Å². The molecule has 2 heterocycles. The third kappa shape index (κ3) is 4.28. The van der Waals surface area contributed by atoms with E-state index in [-0.39, 0.29) is 11.7 Å². The van der Waals surface area contributed by atoms with Crippen LogP contribution < -0.4 is 5.32 Å². The molecule has 30 heavy (non-hydrogen) atoms. The second-order valence-corrected chi connectivity index (χ2v) is 7.98. The van der Waals surface area contributed by atoms with E-state index in [4.69, 9.17) is 4.98 Å². The zero-order valence-electron chi connectivity index (χ0n) is 16.6. The van der Waals surface area contributed by atoms with E-state index >= 15 is 0 Å². The number of pyridine rings is 1. The first-order chi connectivity index (χ1) is 14.5. The number of aryl methyl sites for hydroxylation is 2. The van der Waals surface area contributed by atoms with Gasteiger partial charge in [0.25, 0.3) is 5.91 Å². The Kier molecular flexibility index (Phi) is 5.68. The van der Waals surface area contributed by atoms with Gasteiger partial charge in [0.15, 0.2) is 0 Å². The van der Waals surface area contributed by atoms with Crippen LogP contribution in [0.1, 0.15) is 27.9 Å². The Morgan fingerprint density at radius 3 is 2.60 bits per heavy atom. The van der Waals surface area contributed by atoms with E-state index in [0.29, 0.717) is 11.4 Å². The molecule has 0 radical (unpaired) electrons. The third-order valence-electron chi connectivity index (χ3n) is 4.64. The van der Waals surface area contributed by atoms with Crippen molar-refractivity contribution in [3.05, 3.63) is 88.8 Å². The molecular weight excluding hydrogens is 397 g/mol. The fraction of sp³-hybridized carbons (Fsp3) is 0.125. The van der Waals surface area contributed by atoms with E-state index in [1.165, 1.54) is 29.8 Å². The fourth-order valence-electron chi connectivity index (χ4n) is 3.13. The topological polar surface area (TPSA) is 54.9 Å². The maximum Gasteiger partial charge on any atom is 0.256 e. The maximum absolute atomic E-state index is 13.1. The van der Waals surface area contributed by atoms with Gasteiger partial charge < -0.3 is 5.32 Å². The zero-order chi connectivity index (χ0) is 21.1. The van der Waals surface area contributed by atoms with Gasteiger partial charge in [-0.25, -0.2) is 14.4 Å². The molecule has 150 valence electrons. The van der Waals surface area contributed by atoms with Crippen molar-refractivity contribution in [2.45, 2.75) is 20.3 Å². The van der Waals surface area contributed by atoms with E-state index in [2.05, 4.69) is 42.3 Å². The lowest BCUT2D eigenvalue weighted by Gasteiger charge is -2.08. The van der Waals surface area contributed by atoms with Crippen LogP contribution in [0.5, 0.6) is 0 Å². The Labute approximate surface area is 178 Å². The van der Waals surface area contributed by atoms with Crippen LogP contribution in [-0.4, -0.2) is 15.9 Å². The molecular formula is C24H20FN3OS. The summed E-state index contributed by atoms with van der Waals surface area (Å²) in [6.07, 6.45) is 2.52. The average Bonchev–Trinajstić information content (AvgIpc) is 3.19. The lowest BCUT2D eigenvalue weighted by molar-refractivity contribution is 0.102. The second kappa shape index (κ2) is 8.55. The first-order valence-corrected chi connectivity index (χ1v) is 10.4. The number of benzene rings is 2. The number of amides is 1. The number of hydrogen-bond acceptors (Lipinski definition) is 4. The minimum absolute atomic E-state index is 0.336. The number of anilines is 1. The largest absolute Gasteiger partial charge is 0.307 e. The number of rotatable bonds is 5.